The molecule has 1 saturated heterocycles. The molecular formula is C16H19ClN2O2. The molecule has 1 atom stereocenters. The summed E-state index contributed by atoms with van der Waals surface area (Å²) in [6, 6.07) is 5.49. The summed E-state index contributed by atoms with van der Waals surface area (Å²) in [5.74, 6) is 1.18. The number of nitrogens with zero attached hydrogens (tertiary/aromatic N) is 2. The molecule has 0 spiro atoms. The monoisotopic (exact) mass is 306 g/mol. The molecule has 2 aromatic rings. The minimum absolute atomic E-state index is 0.295. The second-order valence-electron chi connectivity index (χ2n) is 5.64. The zero-order chi connectivity index (χ0) is 15.0. The quantitative estimate of drug-likeness (QED) is 0.931. The lowest BCUT2D eigenvalue weighted by atomic mass is 10.0. The Hall–Kier alpha value is -1.52. The number of halogens is 1. The Labute approximate surface area is 129 Å². The van der Waals surface area contributed by atoms with Gasteiger partial charge < -0.3 is 9.63 Å². The molecule has 0 amide bonds. The van der Waals surface area contributed by atoms with E-state index in [2.05, 4.69) is 10.1 Å². The Morgan fingerprint density at radius 3 is 2.95 bits per heavy atom. The number of phenolic OH excluding ortho intramolecular Hbond substituents is 1. The normalized spacial score (nSPS) is 19.3. The fourth-order valence-corrected chi connectivity index (χ4v) is 3.40. The number of aryl methyl sites for hydroxylation is 2. The van der Waals surface area contributed by atoms with E-state index in [1.54, 1.807) is 12.1 Å². The maximum Gasteiger partial charge on any atom is 0.138 e. The number of rotatable bonds is 3. The number of aromatic hydroxyl groups is 1. The van der Waals surface area contributed by atoms with Gasteiger partial charge in [-0.1, -0.05) is 16.8 Å². The van der Waals surface area contributed by atoms with Crippen LogP contribution in [0.1, 0.15) is 41.5 Å². The summed E-state index contributed by atoms with van der Waals surface area (Å²) < 4.78 is 5.30. The van der Waals surface area contributed by atoms with Crippen molar-refractivity contribution in [3.8, 4) is 5.75 Å². The zero-order valence-electron chi connectivity index (χ0n) is 12.3. The van der Waals surface area contributed by atoms with Crippen molar-refractivity contribution in [2.75, 3.05) is 6.54 Å². The van der Waals surface area contributed by atoms with E-state index in [-0.39, 0.29) is 0 Å². The van der Waals surface area contributed by atoms with Gasteiger partial charge in [-0.2, -0.15) is 0 Å². The van der Waals surface area contributed by atoms with Crippen LogP contribution < -0.4 is 0 Å². The third-order valence-electron chi connectivity index (χ3n) is 4.20. The fraction of sp³-hybridized carbons (Fsp3) is 0.438. The molecule has 1 aliphatic heterocycles. The van der Waals surface area contributed by atoms with Crippen molar-refractivity contribution in [3.63, 3.8) is 0 Å². The lowest BCUT2D eigenvalue weighted by Gasteiger charge is -2.25. The zero-order valence-corrected chi connectivity index (χ0v) is 13.0. The molecule has 1 N–H and O–H groups in total. The van der Waals surface area contributed by atoms with Crippen molar-refractivity contribution in [1.82, 2.24) is 10.1 Å². The predicted octanol–water partition coefficient (Wildman–Crippen LogP) is 3.99. The summed E-state index contributed by atoms with van der Waals surface area (Å²) >= 11 is 6.03. The van der Waals surface area contributed by atoms with Crippen LogP contribution in [-0.2, 0) is 6.54 Å². The summed E-state index contributed by atoms with van der Waals surface area (Å²) in [6.07, 6.45) is 2.22. The summed E-state index contributed by atoms with van der Waals surface area (Å²) in [5, 5.41) is 14.7. The highest BCUT2D eigenvalue weighted by Gasteiger charge is 2.31. The molecular weight excluding hydrogens is 288 g/mol. The van der Waals surface area contributed by atoms with E-state index in [4.69, 9.17) is 16.1 Å². The lowest BCUT2D eigenvalue weighted by molar-refractivity contribution is 0.242. The van der Waals surface area contributed by atoms with Crippen LogP contribution in [0.5, 0.6) is 5.75 Å². The van der Waals surface area contributed by atoms with Gasteiger partial charge in [0.2, 0.25) is 0 Å². The molecule has 1 aromatic heterocycles. The molecule has 0 bridgehead atoms. The molecule has 0 aliphatic carbocycles. The molecule has 2 heterocycles. The minimum Gasteiger partial charge on any atom is -0.508 e. The van der Waals surface area contributed by atoms with Gasteiger partial charge in [0.1, 0.15) is 11.5 Å². The fourth-order valence-electron chi connectivity index (χ4n) is 3.21. The largest absolute Gasteiger partial charge is 0.508 e. The van der Waals surface area contributed by atoms with Gasteiger partial charge in [-0.15, -0.1) is 0 Å². The Morgan fingerprint density at radius 2 is 2.24 bits per heavy atom. The number of likely N-dealkylation sites (tertiary alicyclic amines) is 1. The summed E-state index contributed by atoms with van der Waals surface area (Å²) in [4.78, 5) is 2.36. The second-order valence-corrected chi connectivity index (χ2v) is 6.08. The smallest absolute Gasteiger partial charge is 0.138 e. The number of benzene rings is 1. The maximum absolute atomic E-state index is 10.0. The highest BCUT2D eigenvalue weighted by atomic mass is 35.5. The van der Waals surface area contributed by atoms with Crippen LogP contribution in [0.4, 0.5) is 0 Å². The van der Waals surface area contributed by atoms with E-state index >= 15 is 0 Å². The molecule has 4 nitrogen and oxygen atoms in total. The average Bonchev–Trinajstić information content (AvgIpc) is 3.01. The van der Waals surface area contributed by atoms with Crippen molar-refractivity contribution < 1.29 is 9.63 Å². The minimum atomic E-state index is 0.295. The van der Waals surface area contributed by atoms with E-state index < -0.39 is 0 Å². The van der Waals surface area contributed by atoms with Crippen molar-refractivity contribution in [2.24, 2.45) is 0 Å². The third kappa shape index (κ3) is 2.78. The van der Waals surface area contributed by atoms with Gasteiger partial charge in [0.05, 0.1) is 5.69 Å². The second kappa shape index (κ2) is 5.70. The Balaban J connectivity index is 1.86. The van der Waals surface area contributed by atoms with E-state index in [9.17, 15) is 5.11 Å². The van der Waals surface area contributed by atoms with Crippen molar-refractivity contribution >= 4 is 11.6 Å². The van der Waals surface area contributed by atoms with E-state index in [1.807, 2.05) is 19.9 Å². The maximum atomic E-state index is 10.0. The third-order valence-corrected chi connectivity index (χ3v) is 4.44. The van der Waals surface area contributed by atoms with Crippen LogP contribution in [0.2, 0.25) is 5.02 Å². The van der Waals surface area contributed by atoms with Gasteiger partial charge in [0.15, 0.2) is 0 Å². The Bertz CT molecular complexity index is 634. The first kappa shape index (κ1) is 14.4. The van der Waals surface area contributed by atoms with Gasteiger partial charge in [0.25, 0.3) is 0 Å². The molecule has 5 heteroatoms. The molecule has 0 radical (unpaired) electrons. The van der Waals surface area contributed by atoms with E-state index in [0.29, 0.717) is 23.4 Å². The van der Waals surface area contributed by atoms with Gasteiger partial charge >= 0.3 is 0 Å². The first-order valence-electron chi connectivity index (χ1n) is 7.20. The topological polar surface area (TPSA) is 49.5 Å². The Morgan fingerprint density at radius 1 is 1.43 bits per heavy atom. The first-order chi connectivity index (χ1) is 10.1. The van der Waals surface area contributed by atoms with Gasteiger partial charge in [0, 0.05) is 28.7 Å². The number of hydrogen-bond donors (Lipinski definition) is 1. The molecule has 3 rings (SSSR count). The van der Waals surface area contributed by atoms with E-state index in [0.717, 1.165) is 36.4 Å². The number of hydrogen-bond acceptors (Lipinski definition) is 4. The molecule has 0 saturated carbocycles. The van der Waals surface area contributed by atoms with Crippen LogP contribution in [0.15, 0.2) is 22.7 Å². The highest BCUT2D eigenvalue weighted by molar-refractivity contribution is 6.30. The van der Waals surface area contributed by atoms with Crippen LogP contribution in [0, 0.1) is 13.8 Å². The molecule has 112 valence electrons. The molecule has 1 aliphatic rings. The summed E-state index contributed by atoms with van der Waals surface area (Å²) in [7, 11) is 0. The highest BCUT2D eigenvalue weighted by Crippen LogP contribution is 2.37. The predicted molar refractivity (Wildman–Crippen MR) is 81.5 cm³/mol. The molecule has 1 fully saturated rings. The summed E-state index contributed by atoms with van der Waals surface area (Å²) in [5.41, 5.74) is 3.01. The summed E-state index contributed by atoms with van der Waals surface area (Å²) in [6.45, 7) is 5.63. The van der Waals surface area contributed by atoms with Crippen molar-refractivity contribution in [1.29, 1.82) is 0 Å². The standard InChI is InChI=1S/C16H19ClN2O2/c1-10-16(11(2)21-18-10)14-4-3-7-19(14)9-12-8-13(17)5-6-15(12)20/h5-6,8,14,20H,3-4,7,9H2,1-2H3/t14-/m0/s1. The van der Waals surface area contributed by atoms with Crippen LogP contribution in [-0.4, -0.2) is 21.7 Å². The van der Waals surface area contributed by atoms with Crippen LogP contribution in [0.25, 0.3) is 0 Å². The van der Waals surface area contributed by atoms with Gasteiger partial charge in [-0.3, -0.25) is 4.90 Å². The van der Waals surface area contributed by atoms with Gasteiger partial charge in [-0.25, -0.2) is 0 Å². The molecule has 0 unspecified atom stereocenters. The van der Waals surface area contributed by atoms with Crippen LogP contribution >= 0.6 is 11.6 Å². The first-order valence-corrected chi connectivity index (χ1v) is 7.58. The number of phenols is 1. The molecule has 21 heavy (non-hydrogen) atoms. The Kier molecular flexibility index (Phi) is 3.91. The number of aromatic nitrogens is 1. The van der Waals surface area contributed by atoms with Crippen molar-refractivity contribution in [2.45, 2.75) is 39.3 Å². The SMILES string of the molecule is Cc1noc(C)c1[C@@H]1CCCN1Cc1cc(Cl)ccc1O. The average molecular weight is 307 g/mol. The molecule has 1 aromatic carbocycles. The van der Waals surface area contributed by atoms with Gasteiger partial charge in [-0.05, 0) is 51.4 Å². The van der Waals surface area contributed by atoms with E-state index in [1.165, 1.54) is 5.56 Å². The van der Waals surface area contributed by atoms with Crippen molar-refractivity contribution in [3.05, 3.63) is 45.8 Å². The lowest BCUT2D eigenvalue weighted by Crippen LogP contribution is -2.23. The van der Waals surface area contributed by atoms with Crippen LogP contribution in [0.3, 0.4) is 0 Å².